The van der Waals surface area contributed by atoms with Crippen LogP contribution in [0.25, 0.3) is 0 Å². The normalized spacial score (nSPS) is 19.4. The molecule has 7 heteroatoms. The Morgan fingerprint density at radius 2 is 2.12 bits per heavy atom. The van der Waals surface area contributed by atoms with E-state index in [1.807, 2.05) is 20.8 Å². The van der Waals surface area contributed by atoms with Gasteiger partial charge in [-0.2, -0.15) is 4.99 Å². The molecule has 0 bridgehead atoms. The van der Waals surface area contributed by atoms with Gasteiger partial charge in [0.1, 0.15) is 0 Å². The molecule has 0 radical (unpaired) electrons. The number of amidine groups is 1. The number of carbonyl (C=O) groups is 1. The number of aliphatic imine (C=N–C) groups is 1. The molecule has 92 valence electrons. The molecule has 2 rings (SSSR count). The van der Waals surface area contributed by atoms with Crippen LogP contribution in [0.3, 0.4) is 0 Å². The lowest BCUT2D eigenvalue weighted by molar-refractivity contribution is -0.123. The van der Waals surface area contributed by atoms with Gasteiger partial charge in [-0.05, 0) is 0 Å². The average molecular weight is 254 g/mol. The zero-order chi connectivity index (χ0) is 12.6. The minimum atomic E-state index is -0.198. The SMILES string of the molecule is CN1C(=O)CS/C1=N/c1nnc(C(C)(C)C)o1. The van der Waals surface area contributed by atoms with Crippen molar-refractivity contribution < 1.29 is 9.21 Å². The van der Waals surface area contributed by atoms with Gasteiger partial charge in [0, 0.05) is 12.5 Å². The van der Waals surface area contributed by atoms with Crippen molar-refractivity contribution in [3.63, 3.8) is 0 Å². The van der Waals surface area contributed by atoms with E-state index < -0.39 is 0 Å². The lowest BCUT2D eigenvalue weighted by atomic mass is 9.97. The number of hydrogen-bond donors (Lipinski definition) is 0. The van der Waals surface area contributed by atoms with Crippen LogP contribution in [0.5, 0.6) is 0 Å². The Morgan fingerprint density at radius 1 is 1.41 bits per heavy atom. The molecule has 2 heterocycles. The van der Waals surface area contributed by atoms with Gasteiger partial charge in [0.25, 0.3) is 0 Å². The summed E-state index contributed by atoms with van der Waals surface area (Å²) in [5.74, 6) is 0.980. The van der Waals surface area contributed by atoms with Crippen LogP contribution in [0.15, 0.2) is 9.41 Å². The highest BCUT2D eigenvalue weighted by Crippen LogP contribution is 2.25. The van der Waals surface area contributed by atoms with Gasteiger partial charge in [-0.3, -0.25) is 9.69 Å². The zero-order valence-corrected chi connectivity index (χ0v) is 11.0. The standard InChI is InChI=1S/C10H14N4O2S/c1-10(2,3)7-12-13-8(16-7)11-9-14(4)6(15)5-17-9/h5H2,1-4H3/b11-9+. The van der Waals surface area contributed by atoms with Crippen LogP contribution in [0.2, 0.25) is 0 Å². The Bertz CT molecular complexity index is 475. The largest absolute Gasteiger partial charge is 0.406 e. The maximum absolute atomic E-state index is 11.3. The summed E-state index contributed by atoms with van der Waals surface area (Å²) < 4.78 is 5.43. The first-order valence-electron chi connectivity index (χ1n) is 5.20. The quantitative estimate of drug-likeness (QED) is 0.760. The fourth-order valence-corrected chi connectivity index (χ4v) is 2.06. The molecule has 1 amide bonds. The molecule has 1 saturated heterocycles. The second-order valence-electron chi connectivity index (χ2n) is 4.78. The van der Waals surface area contributed by atoms with Crippen molar-refractivity contribution in [3.05, 3.63) is 5.89 Å². The van der Waals surface area contributed by atoms with E-state index in [9.17, 15) is 4.79 Å². The number of aromatic nitrogens is 2. The third-order valence-electron chi connectivity index (χ3n) is 2.23. The average Bonchev–Trinajstić information content (AvgIpc) is 2.80. The summed E-state index contributed by atoms with van der Waals surface area (Å²) in [6, 6.07) is 0.193. The molecule has 0 N–H and O–H groups in total. The summed E-state index contributed by atoms with van der Waals surface area (Å²) in [4.78, 5) is 17.0. The van der Waals surface area contributed by atoms with Gasteiger partial charge in [-0.1, -0.05) is 37.6 Å². The van der Waals surface area contributed by atoms with Crippen molar-refractivity contribution in [1.82, 2.24) is 15.1 Å². The van der Waals surface area contributed by atoms with Crippen molar-refractivity contribution in [2.45, 2.75) is 26.2 Å². The van der Waals surface area contributed by atoms with Gasteiger partial charge >= 0.3 is 6.01 Å². The first-order chi connectivity index (χ1) is 7.88. The summed E-state index contributed by atoms with van der Waals surface area (Å²) in [6.07, 6.45) is 0. The minimum absolute atomic E-state index is 0.0318. The van der Waals surface area contributed by atoms with Crippen LogP contribution < -0.4 is 0 Å². The van der Waals surface area contributed by atoms with Crippen LogP contribution in [-0.2, 0) is 10.2 Å². The van der Waals surface area contributed by atoms with Crippen LogP contribution in [-0.4, -0.2) is 39.0 Å². The smallest absolute Gasteiger partial charge is 0.344 e. The van der Waals surface area contributed by atoms with E-state index in [0.29, 0.717) is 16.8 Å². The Morgan fingerprint density at radius 3 is 2.59 bits per heavy atom. The predicted octanol–water partition coefficient (Wildman–Crippen LogP) is 1.56. The predicted molar refractivity (Wildman–Crippen MR) is 65.3 cm³/mol. The van der Waals surface area contributed by atoms with Gasteiger partial charge in [-0.25, -0.2) is 0 Å². The number of rotatable bonds is 1. The summed E-state index contributed by atoms with van der Waals surface area (Å²) >= 11 is 1.37. The molecule has 0 atom stereocenters. The van der Waals surface area contributed by atoms with Crippen molar-refractivity contribution in [3.8, 4) is 0 Å². The van der Waals surface area contributed by atoms with Crippen molar-refractivity contribution in [2.75, 3.05) is 12.8 Å². The molecule has 1 aliphatic heterocycles. The first kappa shape index (κ1) is 12.1. The number of amides is 1. The maximum atomic E-state index is 11.3. The van der Waals surface area contributed by atoms with Crippen molar-refractivity contribution in [1.29, 1.82) is 0 Å². The van der Waals surface area contributed by atoms with Crippen molar-refractivity contribution in [2.24, 2.45) is 4.99 Å². The zero-order valence-electron chi connectivity index (χ0n) is 10.2. The molecule has 1 aromatic rings. The number of hydrogen-bond acceptors (Lipinski definition) is 6. The Labute approximate surface area is 103 Å². The highest BCUT2D eigenvalue weighted by atomic mass is 32.2. The monoisotopic (exact) mass is 254 g/mol. The number of carbonyl (C=O) groups excluding carboxylic acids is 1. The van der Waals surface area contributed by atoms with E-state index in [1.54, 1.807) is 7.05 Å². The van der Waals surface area contributed by atoms with Crippen LogP contribution >= 0.6 is 11.8 Å². The van der Waals surface area contributed by atoms with Crippen molar-refractivity contribution >= 4 is 28.9 Å². The second-order valence-corrected chi connectivity index (χ2v) is 5.72. The lowest BCUT2D eigenvalue weighted by Gasteiger charge is -2.10. The van der Waals surface area contributed by atoms with E-state index in [4.69, 9.17) is 4.42 Å². The molecular formula is C10H14N4O2S. The first-order valence-corrected chi connectivity index (χ1v) is 6.18. The van der Waals surface area contributed by atoms with Gasteiger partial charge in [0.15, 0.2) is 5.17 Å². The number of nitrogens with zero attached hydrogens (tertiary/aromatic N) is 4. The summed E-state index contributed by atoms with van der Waals surface area (Å²) in [6.45, 7) is 5.95. The van der Waals surface area contributed by atoms with Gasteiger partial charge in [0.2, 0.25) is 11.8 Å². The molecule has 0 unspecified atom stereocenters. The van der Waals surface area contributed by atoms with Gasteiger partial charge in [-0.15, -0.1) is 5.10 Å². The molecule has 0 spiro atoms. The highest BCUT2D eigenvalue weighted by Gasteiger charge is 2.26. The fourth-order valence-electron chi connectivity index (χ4n) is 1.18. The molecule has 6 nitrogen and oxygen atoms in total. The molecule has 0 saturated carbocycles. The fraction of sp³-hybridized carbons (Fsp3) is 0.600. The number of thioether (sulfide) groups is 1. The third-order valence-corrected chi connectivity index (χ3v) is 3.25. The molecule has 0 aromatic carbocycles. The summed E-state index contributed by atoms with van der Waals surface area (Å²) in [5.41, 5.74) is -0.198. The summed E-state index contributed by atoms with van der Waals surface area (Å²) in [5, 5.41) is 8.38. The van der Waals surface area contributed by atoms with E-state index in [0.717, 1.165) is 0 Å². The highest BCUT2D eigenvalue weighted by molar-refractivity contribution is 8.15. The topological polar surface area (TPSA) is 71.6 Å². The Hall–Kier alpha value is -1.37. The second kappa shape index (κ2) is 4.14. The van der Waals surface area contributed by atoms with E-state index >= 15 is 0 Å². The molecule has 1 aliphatic rings. The van der Waals surface area contributed by atoms with Gasteiger partial charge < -0.3 is 4.42 Å². The van der Waals surface area contributed by atoms with Gasteiger partial charge in [0.05, 0.1) is 5.75 Å². The molecule has 0 aliphatic carbocycles. The minimum Gasteiger partial charge on any atom is -0.406 e. The van der Waals surface area contributed by atoms with E-state index in [-0.39, 0.29) is 17.3 Å². The third kappa shape index (κ3) is 2.49. The molecule has 1 fully saturated rings. The lowest BCUT2D eigenvalue weighted by Crippen LogP contribution is -2.24. The maximum Gasteiger partial charge on any atom is 0.344 e. The van der Waals surface area contributed by atoms with Crippen LogP contribution in [0, 0.1) is 0 Å². The molecular weight excluding hydrogens is 240 g/mol. The molecule has 17 heavy (non-hydrogen) atoms. The molecule has 1 aromatic heterocycles. The van der Waals surface area contributed by atoms with Crippen LogP contribution in [0.1, 0.15) is 26.7 Å². The Kier molecular flexibility index (Phi) is 2.94. The summed E-state index contributed by atoms with van der Waals surface area (Å²) in [7, 11) is 1.68. The van der Waals surface area contributed by atoms with Crippen LogP contribution in [0.4, 0.5) is 6.01 Å². The van der Waals surface area contributed by atoms with E-state index in [1.165, 1.54) is 16.7 Å². The Balaban J connectivity index is 2.22. The van der Waals surface area contributed by atoms with E-state index in [2.05, 4.69) is 15.2 Å².